The van der Waals surface area contributed by atoms with E-state index in [1.54, 1.807) is 0 Å². The van der Waals surface area contributed by atoms with E-state index >= 15 is 0 Å². The van der Waals surface area contributed by atoms with Gasteiger partial charge in [0.2, 0.25) is 0 Å². The SMILES string of the molecule is Cc1cc(C=C2NC=CN2C)cc(C=C2NC=CN2C)c1. The zero-order valence-electron chi connectivity index (χ0n) is 12.6. The highest BCUT2D eigenvalue weighted by Crippen LogP contribution is 2.18. The van der Waals surface area contributed by atoms with E-state index < -0.39 is 0 Å². The lowest BCUT2D eigenvalue weighted by molar-refractivity contribution is 0.576. The van der Waals surface area contributed by atoms with Crippen LogP contribution in [0.5, 0.6) is 0 Å². The summed E-state index contributed by atoms with van der Waals surface area (Å²) >= 11 is 0. The molecule has 0 spiro atoms. The quantitative estimate of drug-likeness (QED) is 0.872. The number of aryl methyl sites for hydroxylation is 1. The molecule has 2 aliphatic heterocycles. The summed E-state index contributed by atoms with van der Waals surface area (Å²) in [6.45, 7) is 2.12. The second-order valence-corrected chi connectivity index (χ2v) is 5.38. The van der Waals surface area contributed by atoms with Crippen molar-refractivity contribution in [2.24, 2.45) is 0 Å². The van der Waals surface area contributed by atoms with E-state index in [0.717, 1.165) is 11.6 Å². The molecule has 0 radical (unpaired) electrons. The predicted molar refractivity (Wildman–Crippen MR) is 87.2 cm³/mol. The Labute approximate surface area is 125 Å². The first-order valence-corrected chi connectivity index (χ1v) is 6.99. The Bertz CT molecular complexity index is 613. The van der Waals surface area contributed by atoms with Crippen LogP contribution in [0.4, 0.5) is 0 Å². The number of hydrogen-bond donors (Lipinski definition) is 2. The van der Waals surface area contributed by atoms with Gasteiger partial charge in [-0.25, -0.2) is 0 Å². The van der Waals surface area contributed by atoms with E-state index in [1.165, 1.54) is 16.7 Å². The summed E-state index contributed by atoms with van der Waals surface area (Å²) in [6.07, 6.45) is 12.2. The van der Waals surface area contributed by atoms with Gasteiger partial charge in [0.05, 0.1) is 0 Å². The Kier molecular flexibility index (Phi) is 3.44. The first-order chi connectivity index (χ1) is 10.1. The summed E-state index contributed by atoms with van der Waals surface area (Å²) in [7, 11) is 4.06. The van der Waals surface area contributed by atoms with Crippen molar-refractivity contribution in [2.75, 3.05) is 14.1 Å². The molecule has 1 aromatic carbocycles. The van der Waals surface area contributed by atoms with Crippen molar-refractivity contribution in [1.82, 2.24) is 20.4 Å². The summed E-state index contributed by atoms with van der Waals surface area (Å²) in [5.41, 5.74) is 3.63. The Morgan fingerprint density at radius 3 is 1.67 bits per heavy atom. The standard InChI is InChI=1S/C17H20N4/c1-13-8-14(11-16-18-4-6-20(16)2)10-15(9-13)12-17-19-5-7-21(17)3/h4-12,18-19H,1-3H3. The van der Waals surface area contributed by atoms with Crippen LogP contribution < -0.4 is 10.6 Å². The van der Waals surface area contributed by atoms with Crippen LogP contribution in [0, 0.1) is 6.92 Å². The summed E-state index contributed by atoms with van der Waals surface area (Å²) in [5.74, 6) is 2.16. The van der Waals surface area contributed by atoms with Crippen LogP contribution in [0.2, 0.25) is 0 Å². The van der Waals surface area contributed by atoms with Gasteiger partial charge in [-0.1, -0.05) is 12.1 Å². The highest BCUT2D eigenvalue weighted by Gasteiger charge is 2.08. The molecule has 0 fully saturated rings. The maximum absolute atomic E-state index is 3.23. The molecule has 2 aliphatic rings. The van der Waals surface area contributed by atoms with Crippen LogP contribution >= 0.6 is 0 Å². The van der Waals surface area contributed by atoms with Crippen molar-refractivity contribution in [3.63, 3.8) is 0 Å². The third-order valence-corrected chi connectivity index (χ3v) is 3.55. The molecule has 2 N–H and O–H groups in total. The molecular formula is C17H20N4. The van der Waals surface area contributed by atoms with E-state index in [4.69, 9.17) is 0 Å². The third kappa shape index (κ3) is 2.94. The van der Waals surface area contributed by atoms with Gasteiger partial charge in [-0.15, -0.1) is 0 Å². The molecule has 2 heterocycles. The van der Waals surface area contributed by atoms with Crippen molar-refractivity contribution in [2.45, 2.75) is 6.92 Å². The molecule has 0 amide bonds. The molecule has 3 rings (SSSR count). The van der Waals surface area contributed by atoms with E-state index in [9.17, 15) is 0 Å². The number of nitrogens with zero attached hydrogens (tertiary/aromatic N) is 2. The van der Waals surface area contributed by atoms with Gasteiger partial charge in [0.25, 0.3) is 0 Å². The van der Waals surface area contributed by atoms with Gasteiger partial charge in [0.15, 0.2) is 0 Å². The largest absolute Gasteiger partial charge is 0.347 e. The fraction of sp³-hybridized carbons (Fsp3) is 0.176. The van der Waals surface area contributed by atoms with E-state index in [2.05, 4.69) is 57.7 Å². The molecule has 0 bridgehead atoms. The summed E-state index contributed by atoms with van der Waals surface area (Å²) in [6, 6.07) is 6.56. The molecule has 4 heteroatoms. The molecule has 0 saturated heterocycles. The second kappa shape index (κ2) is 5.40. The van der Waals surface area contributed by atoms with Crippen LogP contribution in [0.1, 0.15) is 16.7 Å². The average molecular weight is 280 g/mol. The normalized spacial score (nSPS) is 20.5. The van der Waals surface area contributed by atoms with Crippen LogP contribution in [0.15, 0.2) is 54.6 Å². The van der Waals surface area contributed by atoms with E-state index in [0.29, 0.717) is 0 Å². The van der Waals surface area contributed by atoms with Gasteiger partial charge in [-0.3, -0.25) is 0 Å². The molecule has 1 aromatic rings. The monoisotopic (exact) mass is 280 g/mol. The lowest BCUT2D eigenvalue weighted by Crippen LogP contribution is -2.13. The number of hydrogen-bond acceptors (Lipinski definition) is 4. The first kappa shape index (κ1) is 13.4. The topological polar surface area (TPSA) is 30.5 Å². The summed E-state index contributed by atoms with van der Waals surface area (Å²) in [5, 5.41) is 6.47. The van der Waals surface area contributed by atoms with Crippen LogP contribution in [-0.4, -0.2) is 23.9 Å². The van der Waals surface area contributed by atoms with Gasteiger partial charge >= 0.3 is 0 Å². The minimum absolute atomic E-state index is 1.08. The minimum Gasteiger partial charge on any atom is -0.347 e. The third-order valence-electron chi connectivity index (χ3n) is 3.55. The van der Waals surface area contributed by atoms with Crippen LogP contribution in [-0.2, 0) is 0 Å². The maximum atomic E-state index is 3.23. The summed E-state index contributed by atoms with van der Waals surface area (Å²) in [4.78, 5) is 4.13. The Balaban J connectivity index is 1.90. The average Bonchev–Trinajstić information content (AvgIpc) is 2.99. The number of nitrogens with one attached hydrogen (secondary N) is 2. The van der Waals surface area contributed by atoms with Crippen molar-refractivity contribution in [1.29, 1.82) is 0 Å². The van der Waals surface area contributed by atoms with Crippen molar-refractivity contribution in [3.05, 3.63) is 71.3 Å². The Morgan fingerprint density at radius 2 is 1.29 bits per heavy atom. The fourth-order valence-electron chi connectivity index (χ4n) is 2.45. The molecule has 0 atom stereocenters. The highest BCUT2D eigenvalue weighted by molar-refractivity contribution is 5.62. The number of rotatable bonds is 2. The van der Waals surface area contributed by atoms with Crippen LogP contribution in [0.3, 0.4) is 0 Å². The van der Waals surface area contributed by atoms with Gasteiger partial charge < -0.3 is 20.4 Å². The van der Waals surface area contributed by atoms with Crippen molar-refractivity contribution in [3.8, 4) is 0 Å². The first-order valence-electron chi connectivity index (χ1n) is 6.99. The van der Waals surface area contributed by atoms with Gasteiger partial charge in [0.1, 0.15) is 11.6 Å². The zero-order valence-corrected chi connectivity index (χ0v) is 12.6. The molecule has 4 nitrogen and oxygen atoms in total. The van der Waals surface area contributed by atoms with Crippen molar-refractivity contribution >= 4 is 12.2 Å². The highest BCUT2D eigenvalue weighted by atomic mass is 15.3. The molecule has 108 valence electrons. The Hall–Kier alpha value is -2.62. The van der Waals surface area contributed by atoms with E-state index in [-0.39, 0.29) is 0 Å². The van der Waals surface area contributed by atoms with Gasteiger partial charge in [0, 0.05) is 38.9 Å². The van der Waals surface area contributed by atoms with Crippen LogP contribution in [0.25, 0.3) is 12.2 Å². The number of benzene rings is 1. The molecular weight excluding hydrogens is 260 g/mol. The maximum Gasteiger partial charge on any atom is 0.110 e. The summed E-state index contributed by atoms with van der Waals surface area (Å²) < 4.78 is 0. The molecule has 0 saturated carbocycles. The second-order valence-electron chi connectivity index (χ2n) is 5.38. The van der Waals surface area contributed by atoms with E-state index in [1.807, 2.05) is 38.9 Å². The van der Waals surface area contributed by atoms with Gasteiger partial charge in [-0.05, 0) is 41.8 Å². The minimum atomic E-state index is 1.08. The molecule has 0 aromatic heterocycles. The van der Waals surface area contributed by atoms with Gasteiger partial charge in [-0.2, -0.15) is 0 Å². The lowest BCUT2D eigenvalue weighted by atomic mass is 10.1. The predicted octanol–water partition coefficient (Wildman–Crippen LogP) is 2.60. The smallest absolute Gasteiger partial charge is 0.110 e. The molecule has 21 heavy (non-hydrogen) atoms. The fourth-order valence-corrected chi connectivity index (χ4v) is 2.45. The van der Waals surface area contributed by atoms with Crippen molar-refractivity contribution < 1.29 is 0 Å². The molecule has 0 unspecified atom stereocenters. The zero-order chi connectivity index (χ0) is 14.8. The molecule has 0 aliphatic carbocycles. The Morgan fingerprint density at radius 1 is 0.810 bits per heavy atom. The lowest BCUT2D eigenvalue weighted by Gasteiger charge is -2.13.